The normalized spacial score (nSPS) is 11.9. The number of carboxylic acids is 1. The largest absolute Gasteiger partial charge is 0.480 e. The van der Waals surface area contributed by atoms with Crippen LogP contribution in [0.4, 0.5) is 5.69 Å². The smallest absolute Gasteiger partial charge is 0.323 e. The Kier molecular flexibility index (Phi) is 6.33. The fourth-order valence-corrected chi connectivity index (χ4v) is 2.07. The molecule has 1 atom stereocenters. The molecule has 1 unspecified atom stereocenters. The highest BCUT2D eigenvalue weighted by molar-refractivity contribution is 7.81. The van der Waals surface area contributed by atoms with Gasteiger partial charge in [-0.15, -0.1) is 0 Å². The fourth-order valence-electron chi connectivity index (χ4n) is 1.87. The number of nitrogens with two attached hydrogens (primary N) is 1. The number of thiol groups is 1. The number of hydrogen-bond donors (Lipinski definition) is 4. The van der Waals surface area contributed by atoms with E-state index >= 15 is 0 Å². The molecule has 0 heterocycles. The number of carbonyl (C=O) groups excluding carboxylic acids is 1. The molecule has 7 heteroatoms. The van der Waals surface area contributed by atoms with Crippen LogP contribution in [0.3, 0.4) is 0 Å². The van der Waals surface area contributed by atoms with Gasteiger partial charge in [0.15, 0.2) is 0 Å². The van der Waals surface area contributed by atoms with Crippen LogP contribution in [0.15, 0.2) is 24.3 Å². The molecule has 0 aliphatic carbocycles. The summed E-state index contributed by atoms with van der Waals surface area (Å²) in [5.41, 5.74) is 6.61. The number of carbonyl (C=O) groups is 2. The average Bonchev–Trinajstić information content (AvgIpc) is 2.38. The Morgan fingerprint density at radius 2 is 2.00 bits per heavy atom. The predicted octanol–water partition coefficient (Wildman–Crippen LogP) is -0.104. The lowest BCUT2D eigenvalue weighted by molar-refractivity contribution is -0.135. The second kappa shape index (κ2) is 7.76. The average molecular weight is 298 g/mol. The van der Waals surface area contributed by atoms with E-state index in [0.29, 0.717) is 12.1 Å². The molecular formula is C13H18N2O4S. The van der Waals surface area contributed by atoms with Gasteiger partial charge in [-0.05, 0) is 18.1 Å². The van der Waals surface area contributed by atoms with Crippen LogP contribution in [-0.4, -0.2) is 47.0 Å². The van der Waals surface area contributed by atoms with Crippen molar-refractivity contribution in [1.82, 2.24) is 0 Å². The maximum Gasteiger partial charge on any atom is 0.323 e. The van der Waals surface area contributed by atoms with Gasteiger partial charge in [0.05, 0.1) is 11.9 Å². The molecule has 0 spiro atoms. The highest BCUT2D eigenvalue weighted by atomic mass is 32.1. The van der Waals surface area contributed by atoms with Crippen LogP contribution in [0.2, 0.25) is 0 Å². The molecule has 1 amide bonds. The number of anilines is 1. The highest BCUT2D eigenvalue weighted by Gasteiger charge is 2.17. The molecule has 0 radical (unpaired) electrons. The quantitative estimate of drug-likeness (QED) is 0.502. The van der Waals surface area contributed by atoms with E-state index in [1.807, 2.05) is 0 Å². The van der Waals surface area contributed by atoms with Gasteiger partial charge in [-0.2, -0.15) is 12.6 Å². The Balaban J connectivity index is 3.02. The van der Waals surface area contributed by atoms with Crippen molar-refractivity contribution in [3.63, 3.8) is 0 Å². The molecule has 0 aromatic heterocycles. The number of aliphatic hydroxyl groups is 1. The summed E-state index contributed by atoms with van der Waals surface area (Å²) in [4.78, 5) is 23.5. The van der Waals surface area contributed by atoms with Crippen LogP contribution in [-0.2, 0) is 16.0 Å². The maximum absolute atomic E-state index is 11.1. The van der Waals surface area contributed by atoms with Crippen molar-refractivity contribution in [2.45, 2.75) is 11.7 Å². The van der Waals surface area contributed by atoms with Gasteiger partial charge in [-0.1, -0.05) is 18.2 Å². The van der Waals surface area contributed by atoms with E-state index in [1.165, 1.54) is 0 Å². The van der Waals surface area contributed by atoms with Crippen LogP contribution < -0.4 is 10.6 Å². The van der Waals surface area contributed by atoms with E-state index in [4.69, 9.17) is 15.9 Å². The minimum Gasteiger partial charge on any atom is -0.480 e. The number of benzene rings is 1. The summed E-state index contributed by atoms with van der Waals surface area (Å²) >= 11 is 4.12. The van der Waals surface area contributed by atoms with Gasteiger partial charge in [0.1, 0.15) is 6.54 Å². The van der Waals surface area contributed by atoms with Crippen LogP contribution in [0.5, 0.6) is 0 Å². The molecule has 0 fully saturated rings. The first-order chi connectivity index (χ1) is 9.45. The first kappa shape index (κ1) is 16.3. The standard InChI is InChI=1S/C13H18N2O4S/c14-13(19)11(20)7-9-3-1-2-4-10(9)15(5-6-16)8-12(17)18/h1-4,11,16,20H,5-8H2,(H2,14,19)(H,17,18). The van der Waals surface area contributed by atoms with Crippen LogP contribution in [0.1, 0.15) is 5.56 Å². The molecular weight excluding hydrogens is 280 g/mol. The van der Waals surface area contributed by atoms with Gasteiger partial charge < -0.3 is 20.8 Å². The number of primary amides is 1. The van der Waals surface area contributed by atoms with Crippen molar-refractivity contribution in [3.05, 3.63) is 29.8 Å². The van der Waals surface area contributed by atoms with Crippen LogP contribution in [0, 0.1) is 0 Å². The van der Waals surface area contributed by atoms with Gasteiger partial charge >= 0.3 is 5.97 Å². The minimum atomic E-state index is -0.995. The zero-order valence-corrected chi connectivity index (χ0v) is 11.8. The zero-order chi connectivity index (χ0) is 15.1. The van der Waals surface area contributed by atoms with Gasteiger partial charge in [0, 0.05) is 12.2 Å². The van der Waals surface area contributed by atoms with Gasteiger partial charge in [0.25, 0.3) is 0 Å². The van der Waals surface area contributed by atoms with Crippen molar-refractivity contribution >= 4 is 30.2 Å². The number of hydrogen-bond acceptors (Lipinski definition) is 5. The maximum atomic E-state index is 11.1. The number of aliphatic hydroxyl groups excluding tert-OH is 1. The summed E-state index contributed by atoms with van der Waals surface area (Å²) in [6.07, 6.45) is 0.302. The lowest BCUT2D eigenvalue weighted by atomic mass is 10.1. The topological polar surface area (TPSA) is 104 Å². The molecule has 0 aliphatic heterocycles. The third-order valence-electron chi connectivity index (χ3n) is 2.77. The number of carboxylic acid groups (broad SMARTS) is 1. The van der Waals surface area contributed by atoms with Gasteiger partial charge in [-0.3, -0.25) is 9.59 Å². The van der Waals surface area contributed by atoms with Crippen molar-refractivity contribution in [3.8, 4) is 0 Å². The summed E-state index contributed by atoms with van der Waals surface area (Å²) in [6, 6.07) is 7.09. The Morgan fingerprint density at radius 1 is 1.35 bits per heavy atom. The minimum absolute atomic E-state index is 0.165. The second-order valence-corrected chi connectivity index (χ2v) is 4.91. The van der Waals surface area contributed by atoms with E-state index < -0.39 is 17.1 Å². The first-order valence-electron chi connectivity index (χ1n) is 6.08. The lowest BCUT2D eigenvalue weighted by Crippen LogP contribution is -2.33. The van der Waals surface area contributed by atoms with Crippen LogP contribution in [0.25, 0.3) is 0 Å². The number of amides is 1. The van der Waals surface area contributed by atoms with Crippen LogP contribution >= 0.6 is 12.6 Å². The van der Waals surface area contributed by atoms with E-state index in [2.05, 4.69) is 12.6 Å². The molecule has 1 rings (SSSR count). The number of para-hydroxylation sites is 1. The SMILES string of the molecule is NC(=O)C(S)Cc1ccccc1N(CCO)CC(=O)O. The predicted molar refractivity (Wildman–Crippen MR) is 79.0 cm³/mol. The van der Waals surface area contributed by atoms with Crippen molar-refractivity contribution in [2.75, 3.05) is 24.6 Å². The number of rotatable bonds is 8. The zero-order valence-electron chi connectivity index (χ0n) is 10.9. The Hall–Kier alpha value is -1.73. The Morgan fingerprint density at radius 3 is 2.55 bits per heavy atom. The molecule has 0 saturated heterocycles. The fraction of sp³-hybridized carbons (Fsp3) is 0.385. The summed E-state index contributed by atoms with van der Waals surface area (Å²) in [6.45, 7) is -0.204. The molecule has 6 nitrogen and oxygen atoms in total. The van der Waals surface area contributed by atoms with Crippen molar-refractivity contribution in [2.24, 2.45) is 5.73 Å². The molecule has 1 aromatic rings. The van der Waals surface area contributed by atoms with E-state index in [-0.39, 0.29) is 19.7 Å². The van der Waals surface area contributed by atoms with Gasteiger partial charge in [-0.25, -0.2) is 0 Å². The summed E-state index contributed by atoms with van der Waals surface area (Å²) < 4.78 is 0. The number of nitrogens with zero attached hydrogens (tertiary/aromatic N) is 1. The van der Waals surface area contributed by atoms with Gasteiger partial charge in [0.2, 0.25) is 5.91 Å². The second-order valence-electron chi connectivity index (χ2n) is 4.29. The highest BCUT2D eigenvalue weighted by Crippen LogP contribution is 2.22. The Labute approximate surface area is 122 Å². The van der Waals surface area contributed by atoms with E-state index in [0.717, 1.165) is 5.56 Å². The number of aliphatic carboxylic acids is 1. The monoisotopic (exact) mass is 298 g/mol. The molecule has 0 aliphatic rings. The summed E-state index contributed by atoms with van der Waals surface area (Å²) in [5, 5.41) is 17.3. The molecule has 0 bridgehead atoms. The Bertz CT molecular complexity index is 481. The van der Waals surface area contributed by atoms with E-state index in [1.54, 1.807) is 29.2 Å². The molecule has 20 heavy (non-hydrogen) atoms. The first-order valence-corrected chi connectivity index (χ1v) is 6.60. The molecule has 0 saturated carbocycles. The van der Waals surface area contributed by atoms with Crippen molar-refractivity contribution < 1.29 is 19.8 Å². The lowest BCUT2D eigenvalue weighted by Gasteiger charge is -2.25. The molecule has 1 aromatic carbocycles. The third kappa shape index (κ3) is 4.75. The van der Waals surface area contributed by atoms with E-state index in [9.17, 15) is 9.59 Å². The van der Waals surface area contributed by atoms with Crippen molar-refractivity contribution in [1.29, 1.82) is 0 Å². The third-order valence-corrected chi connectivity index (χ3v) is 3.21. The summed E-state index contributed by atoms with van der Waals surface area (Å²) in [7, 11) is 0. The molecule has 4 N–H and O–H groups in total. The summed E-state index contributed by atoms with van der Waals surface area (Å²) in [5.74, 6) is -1.53. The molecule has 110 valence electrons.